The van der Waals surface area contributed by atoms with E-state index in [2.05, 4.69) is 25.0 Å². The number of nitrogens with two attached hydrogens (primary N) is 1. The highest BCUT2D eigenvalue weighted by atomic mass is 19.3. The lowest BCUT2D eigenvalue weighted by molar-refractivity contribution is -0.192. The first-order valence-electron chi connectivity index (χ1n) is 6.75. The summed E-state index contributed by atoms with van der Waals surface area (Å²) in [5, 5.41) is 2.63. The van der Waals surface area contributed by atoms with Crippen molar-refractivity contribution in [3.05, 3.63) is 24.3 Å². The monoisotopic (exact) mass is 340 g/mol. The van der Waals surface area contributed by atoms with E-state index in [-0.39, 0.29) is 35.6 Å². The number of nitrogen functional groups attached to an aromatic ring is 1. The lowest BCUT2D eigenvalue weighted by Gasteiger charge is -2.31. The molecule has 0 saturated heterocycles. The van der Waals surface area contributed by atoms with Gasteiger partial charge in [-0.3, -0.25) is 9.69 Å². The Morgan fingerprint density at radius 2 is 2.12 bits per heavy atom. The lowest BCUT2D eigenvalue weighted by Crippen LogP contribution is -2.51. The molecule has 0 aromatic carbocycles. The van der Waals surface area contributed by atoms with E-state index in [0.717, 1.165) is 11.1 Å². The number of rotatable bonds is 3. The molecule has 0 saturated carbocycles. The maximum absolute atomic E-state index is 13.6. The molecule has 1 aliphatic rings. The van der Waals surface area contributed by atoms with Crippen LogP contribution >= 0.6 is 0 Å². The first-order chi connectivity index (χ1) is 11.3. The van der Waals surface area contributed by atoms with Crippen LogP contribution < -0.4 is 20.7 Å². The van der Waals surface area contributed by atoms with Crippen LogP contribution in [0.25, 0.3) is 0 Å². The number of alkyl halides is 2. The first-order valence-corrected chi connectivity index (χ1v) is 6.75. The van der Waals surface area contributed by atoms with E-state index in [1.54, 1.807) is 0 Å². The number of ether oxygens (including phenoxy) is 1. The van der Waals surface area contributed by atoms with Gasteiger partial charge in [0.25, 0.3) is 0 Å². The highest BCUT2D eigenvalue weighted by molar-refractivity contribution is 6.00. The van der Waals surface area contributed by atoms with Crippen molar-refractivity contribution in [2.75, 3.05) is 22.5 Å². The number of aromatic nitrogens is 3. The summed E-state index contributed by atoms with van der Waals surface area (Å²) in [6, 6.07) is 1.20. The van der Waals surface area contributed by atoms with Crippen LogP contribution in [0.1, 0.15) is 6.92 Å². The van der Waals surface area contributed by atoms with Crippen LogP contribution in [0.2, 0.25) is 0 Å². The van der Waals surface area contributed by atoms with Gasteiger partial charge in [-0.25, -0.2) is 14.4 Å². The molecule has 2 aromatic rings. The van der Waals surface area contributed by atoms with Crippen LogP contribution in [-0.4, -0.2) is 33.5 Å². The molecule has 0 fully saturated rings. The first kappa shape index (κ1) is 15.8. The van der Waals surface area contributed by atoms with Crippen LogP contribution in [0.3, 0.4) is 0 Å². The van der Waals surface area contributed by atoms with Crippen molar-refractivity contribution in [1.82, 2.24) is 15.0 Å². The Balaban J connectivity index is 1.93. The Hall–Kier alpha value is -3.11. The third-order valence-corrected chi connectivity index (χ3v) is 3.16. The number of carbonyl (C=O) groups excluding carboxylic acids is 1. The molecular weight excluding hydrogens is 329 g/mol. The third kappa shape index (κ3) is 2.64. The van der Waals surface area contributed by atoms with Crippen molar-refractivity contribution in [2.24, 2.45) is 0 Å². The topological polar surface area (TPSA) is 106 Å². The van der Waals surface area contributed by atoms with Crippen molar-refractivity contribution in [2.45, 2.75) is 13.0 Å². The van der Waals surface area contributed by atoms with Gasteiger partial charge in [0.1, 0.15) is 0 Å². The van der Waals surface area contributed by atoms with Gasteiger partial charge >= 0.3 is 12.0 Å². The van der Waals surface area contributed by atoms with E-state index in [4.69, 9.17) is 5.73 Å². The molecule has 3 heterocycles. The molecule has 1 aliphatic heterocycles. The fraction of sp³-hybridized carbons (Fsp3) is 0.231. The summed E-state index contributed by atoms with van der Waals surface area (Å²) in [6.07, 6.45) is -1.86. The number of amides is 1. The second-order valence-electron chi connectivity index (χ2n) is 4.77. The molecule has 24 heavy (non-hydrogen) atoms. The zero-order chi connectivity index (χ0) is 17.5. The van der Waals surface area contributed by atoms with E-state index in [1.165, 1.54) is 19.2 Å². The highest BCUT2D eigenvalue weighted by Crippen LogP contribution is 2.39. The number of pyridine rings is 1. The van der Waals surface area contributed by atoms with Crippen molar-refractivity contribution >= 4 is 29.2 Å². The minimum Gasteiger partial charge on any atom is -0.421 e. The molecule has 0 bridgehead atoms. The molecule has 3 rings (SSSR count). The summed E-state index contributed by atoms with van der Waals surface area (Å²) >= 11 is 0. The average Bonchev–Trinajstić information content (AvgIpc) is 2.52. The Bertz CT molecular complexity index is 816. The van der Waals surface area contributed by atoms with Gasteiger partial charge in [-0.2, -0.15) is 13.8 Å². The van der Waals surface area contributed by atoms with Crippen molar-refractivity contribution in [1.29, 1.82) is 0 Å². The van der Waals surface area contributed by atoms with Gasteiger partial charge in [0.2, 0.25) is 5.95 Å². The SMILES string of the molecule is CCN1C(=O)C(F)(F)Oc2cc(Nc3ncc(F)c(N)n3)cnc21. The fourth-order valence-corrected chi connectivity index (χ4v) is 2.08. The lowest BCUT2D eigenvalue weighted by atomic mass is 10.3. The van der Waals surface area contributed by atoms with Gasteiger partial charge in [0, 0.05) is 12.6 Å². The number of likely N-dealkylation sites (N-methyl/N-ethyl adjacent to an activating group) is 1. The molecule has 8 nitrogen and oxygen atoms in total. The maximum atomic E-state index is 13.6. The molecule has 0 spiro atoms. The highest BCUT2D eigenvalue weighted by Gasteiger charge is 2.50. The smallest absolute Gasteiger partial charge is 0.421 e. The van der Waals surface area contributed by atoms with E-state index in [0.29, 0.717) is 0 Å². The van der Waals surface area contributed by atoms with Gasteiger partial charge in [0.05, 0.1) is 18.1 Å². The molecule has 2 aromatic heterocycles. The molecule has 11 heteroatoms. The fourth-order valence-electron chi connectivity index (χ4n) is 2.08. The maximum Gasteiger partial charge on any atom is 0.483 e. The second-order valence-corrected chi connectivity index (χ2v) is 4.77. The summed E-state index contributed by atoms with van der Waals surface area (Å²) in [4.78, 5) is 23.7. The number of hydrogen-bond donors (Lipinski definition) is 2. The third-order valence-electron chi connectivity index (χ3n) is 3.16. The van der Waals surface area contributed by atoms with Crippen molar-refractivity contribution < 1.29 is 22.7 Å². The second kappa shape index (κ2) is 5.51. The average molecular weight is 340 g/mol. The van der Waals surface area contributed by atoms with Crippen molar-refractivity contribution in [3.8, 4) is 5.75 Å². The predicted molar refractivity (Wildman–Crippen MR) is 77.5 cm³/mol. The molecule has 0 atom stereocenters. The number of nitrogens with zero attached hydrogens (tertiary/aromatic N) is 4. The summed E-state index contributed by atoms with van der Waals surface area (Å²) in [5.41, 5.74) is 5.52. The number of hydrogen-bond acceptors (Lipinski definition) is 7. The van der Waals surface area contributed by atoms with Crippen LogP contribution in [0.5, 0.6) is 5.75 Å². The quantitative estimate of drug-likeness (QED) is 0.875. The number of halogens is 3. The van der Waals surface area contributed by atoms with Gasteiger partial charge in [-0.1, -0.05) is 0 Å². The van der Waals surface area contributed by atoms with Crippen molar-refractivity contribution in [3.63, 3.8) is 0 Å². The Morgan fingerprint density at radius 1 is 1.38 bits per heavy atom. The van der Waals surface area contributed by atoms with Gasteiger partial charge in [-0.05, 0) is 6.92 Å². The number of carbonyl (C=O) groups is 1. The van der Waals surface area contributed by atoms with Gasteiger partial charge in [-0.15, -0.1) is 0 Å². The molecular formula is C13H11F3N6O2. The largest absolute Gasteiger partial charge is 0.483 e. The number of nitrogens with one attached hydrogen (secondary N) is 1. The van der Waals surface area contributed by atoms with E-state index >= 15 is 0 Å². The summed E-state index contributed by atoms with van der Waals surface area (Å²) in [7, 11) is 0. The predicted octanol–water partition coefficient (Wildman–Crippen LogP) is 1.67. The molecule has 126 valence electrons. The van der Waals surface area contributed by atoms with E-state index in [1.807, 2.05) is 0 Å². The number of fused-ring (bicyclic) bond motifs is 1. The standard InChI is InChI=1S/C13H11F3N6O2/c1-2-22-10-8(24-13(15,16)11(22)23)3-6(4-18-10)20-12-19-5-7(14)9(17)21-12/h3-5H,2H2,1H3,(H3,17,19,20,21). The van der Waals surface area contributed by atoms with Crippen LogP contribution in [0, 0.1) is 5.82 Å². The minimum atomic E-state index is -3.99. The summed E-state index contributed by atoms with van der Waals surface area (Å²) in [5.74, 6) is -3.02. The van der Waals surface area contributed by atoms with Crippen LogP contribution in [-0.2, 0) is 4.79 Å². The Morgan fingerprint density at radius 3 is 2.79 bits per heavy atom. The molecule has 1 amide bonds. The Kier molecular flexibility index (Phi) is 3.62. The minimum absolute atomic E-state index is 0.00215. The normalized spacial score (nSPS) is 15.7. The number of anilines is 4. The van der Waals surface area contributed by atoms with Crippen LogP contribution in [0.4, 0.5) is 36.4 Å². The molecule has 3 N–H and O–H groups in total. The molecule has 0 radical (unpaired) electrons. The zero-order valence-electron chi connectivity index (χ0n) is 12.3. The molecule has 0 aliphatic carbocycles. The zero-order valence-corrected chi connectivity index (χ0v) is 12.3. The Labute approximate surface area is 133 Å². The summed E-state index contributed by atoms with van der Waals surface area (Å²) in [6.45, 7) is 1.54. The van der Waals surface area contributed by atoms with E-state index < -0.39 is 17.8 Å². The summed E-state index contributed by atoms with van der Waals surface area (Å²) < 4.78 is 44.7. The van der Waals surface area contributed by atoms with Gasteiger partial charge in [0.15, 0.2) is 23.2 Å². The molecule has 0 unspecified atom stereocenters. The van der Waals surface area contributed by atoms with Crippen LogP contribution in [0.15, 0.2) is 18.5 Å². The van der Waals surface area contributed by atoms with E-state index in [9.17, 15) is 18.0 Å². The van der Waals surface area contributed by atoms with Gasteiger partial charge < -0.3 is 15.8 Å².